The van der Waals surface area contributed by atoms with Crippen molar-refractivity contribution >= 4 is 21.8 Å². The molecule has 1 N–H and O–H groups in total. The number of aromatic nitrogens is 3. The number of hydrogen-bond donors (Lipinski definition) is 1. The second kappa shape index (κ2) is 4.74. The fraction of sp³-hybridized carbons (Fsp3) is 0.0588. The molecule has 2 aromatic carbocycles. The van der Waals surface area contributed by atoms with Crippen LogP contribution in [0.4, 0.5) is 8.78 Å². The van der Waals surface area contributed by atoms with E-state index >= 15 is 0 Å². The lowest BCUT2D eigenvalue weighted by Gasteiger charge is -2.02. The Labute approximate surface area is 129 Å². The van der Waals surface area contributed by atoms with Crippen LogP contribution >= 0.6 is 0 Å². The summed E-state index contributed by atoms with van der Waals surface area (Å²) in [6.07, 6.45) is 1.31. The van der Waals surface area contributed by atoms with Crippen LogP contribution in [0.3, 0.4) is 0 Å². The van der Waals surface area contributed by atoms with Crippen LogP contribution in [0.1, 0.15) is 5.56 Å². The van der Waals surface area contributed by atoms with Crippen LogP contribution in [0, 0.1) is 18.6 Å². The molecule has 23 heavy (non-hydrogen) atoms. The van der Waals surface area contributed by atoms with Crippen molar-refractivity contribution in [3.05, 3.63) is 70.1 Å². The van der Waals surface area contributed by atoms with Crippen molar-refractivity contribution in [1.29, 1.82) is 0 Å². The molecule has 0 radical (unpaired) electrons. The van der Waals surface area contributed by atoms with Crippen molar-refractivity contribution in [2.45, 2.75) is 6.92 Å². The molecule has 114 valence electrons. The third-order valence-electron chi connectivity index (χ3n) is 3.81. The van der Waals surface area contributed by atoms with Gasteiger partial charge in [-0.3, -0.25) is 14.9 Å². The van der Waals surface area contributed by atoms with Gasteiger partial charge in [-0.25, -0.2) is 13.5 Å². The molecular weight excluding hydrogens is 300 g/mol. The highest BCUT2D eigenvalue weighted by atomic mass is 19.1. The Bertz CT molecular complexity index is 1130. The summed E-state index contributed by atoms with van der Waals surface area (Å²) < 4.78 is 28.7. The maximum absolute atomic E-state index is 13.9. The highest BCUT2D eigenvalue weighted by molar-refractivity contribution is 6.02. The third kappa shape index (κ3) is 2.03. The minimum Gasteiger partial charge on any atom is -0.290 e. The van der Waals surface area contributed by atoms with Crippen LogP contribution in [0.25, 0.3) is 27.5 Å². The molecule has 4 nitrogen and oxygen atoms in total. The fourth-order valence-electron chi connectivity index (χ4n) is 2.74. The van der Waals surface area contributed by atoms with E-state index in [2.05, 4.69) is 10.1 Å². The Morgan fingerprint density at radius 2 is 1.96 bits per heavy atom. The summed E-state index contributed by atoms with van der Waals surface area (Å²) in [7, 11) is 0. The Morgan fingerprint density at radius 1 is 1.13 bits per heavy atom. The Kier molecular flexibility index (Phi) is 2.81. The van der Waals surface area contributed by atoms with Gasteiger partial charge >= 0.3 is 0 Å². The molecule has 6 heteroatoms. The summed E-state index contributed by atoms with van der Waals surface area (Å²) in [4.78, 5) is 16.5. The molecular formula is C17H11F2N3O. The maximum Gasteiger partial charge on any atom is 0.280 e. The third-order valence-corrected chi connectivity index (χ3v) is 3.81. The van der Waals surface area contributed by atoms with E-state index in [0.29, 0.717) is 11.2 Å². The summed E-state index contributed by atoms with van der Waals surface area (Å²) in [5, 5.41) is 3.46. The Morgan fingerprint density at radius 3 is 2.74 bits per heavy atom. The predicted octanol–water partition coefficient (Wildman–Crippen LogP) is 3.45. The molecule has 4 rings (SSSR count). The standard InChI is InChI=1S/C17H11F2N3O/c1-9-3-2-4-11(5-9)22-17(23)13-8-20-16-12(15(13)21-22)6-10(18)7-14(16)19/h2-8,21H,1H3. The lowest BCUT2D eigenvalue weighted by Crippen LogP contribution is -2.14. The minimum absolute atomic E-state index is 0.0246. The van der Waals surface area contributed by atoms with Gasteiger partial charge in [0.25, 0.3) is 5.56 Å². The smallest absolute Gasteiger partial charge is 0.280 e. The van der Waals surface area contributed by atoms with Gasteiger partial charge in [-0.05, 0) is 30.7 Å². The Balaban J connectivity index is 2.12. The topological polar surface area (TPSA) is 50.7 Å². The van der Waals surface area contributed by atoms with Crippen molar-refractivity contribution < 1.29 is 8.78 Å². The largest absolute Gasteiger partial charge is 0.290 e. The van der Waals surface area contributed by atoms with E-state index in [-0.39, 0.29) is 21.8 Å². The van der Waals surface area contributed by atoms with Crippen molar-refractivity contribution in [1.82, 2.24) is 14.8 Å². The second-order valence-corrected chi connectivity index (χ2v) is 5.42. The molecule has 0 aliphatic carbocycles. The monoisotopic (exact) mass is 311 g/mol. The van der Waals surface area contributed by atoms with E-state index in [1.165, 1.54) is 16.9 Å². The van der Waals surface area contributed by atoms with E-state index in [1.54, 1.807) is 6.07 Å². The molecule has 0 aliphatic rings. The average molecular weight is 311 g/mol. The summed E-state index contributed by atoms with van der Waals surface area (Å²) >= 11 is 0. The van der Waals surface area contributed by atoms with Gasteiger partial charge in [-0.15, -0.1) is 0 Å². The second-order valence-electron chi connectivity index (χ2n) is 5.42. The minimum atomic E-state index is -0.758. The summed E-state index contributed by atoms with van der Waals surface area (Å²) in [5.41, 5.74) is 1.71. The van der Waals surface area contributed by atoms with Gasteiger partial charge in [0.05, 0.1) is 16.6 Å². The van der Waals surface area contributed by atoms with Gasteiger partial charge < -0.3 is 0 Å². The number of rotatable bonds is 1. The molecule has 0 saturated carbocycles. The Hall–Kier alpha value is -3.02. The van der Waals surface area contributed by atoms with Crippen LogP contribution in [-0.2, 0) is 0 Å². The van der Waals surface area contributed by atoms with Gasteiger partial charge in [0.1, 0.15) is 11.3 Å². The molecule has 2 heterocycles. The quantitative estimate of drug-likeness (QED) is 0.585. The number of aromatic amines is 1. The molecule has 4 aromatic rings. The first-order valence-corrected chi connectivity index (χ1v) is 7.00. The van der Waals surface area contributed by atoms with Crippen LogP contribution in [0.5, 0.6) is 0 Å². The number of hydrogen-bond acceptors (Lipinski definition) is 2. The van der Waals surface area contributed by atoms with Crippen molar-refractivity contribution in [3.8, 4) is 5.69 Å². The number of nitrogens with one attached hydrogen (secondary N) is 1. The summed E-state index contributed by atoms with van der Waals surface area (Å²) in [6.45, 7) is 1.92. The van der Waals surface area contributed by atoms with Crippen LogP contribution in [-0.4, -0.2) is 14.8 Å². The first kappa shape index (κ1) is 13.6. The number of H-pyrrole nitrogens is 1. The predicted molar refractivity (Wildman–Crippen MR) is 83.8 cm³/mol. The van der Waals surface area contributed by atoms with Gasteiger partial charge in [0, 0.05) is 17.6 Å². The lowest BCUT2D eigenvalue weighted by atomic mass is 10.1. The number of aryl methyl sites for hydroxylation is 1. The molecule has 0 bridgehead atoms. The molecule has 2 aromatic heterocycles. The van der Waals surface area contributed by atoms with Crippen LogP contribution < -0.4 is 5.56 Å². The SMILES string of the molecule is Cc1cccc(-n2[nH]c3c(cnc4c(F)cc(F)cc43)c2=O)c1. The normalized spacial score (nSPS) is 11.4. The van der Waals surface area contributed by atoms with Crippen LogP contribution in [0.15, 0.2) is 47.4 Å². The van der Waals surface area contributed by atoms with Gasteiger partial charge in [-0.1, -0.05) is 12.1 Å². The zero-order valence-electron chi connectivity index (χ0n) is 12.1. The average Bonchev–Trinajstić information content (AvgIpc) is 2.85. The summed E-state index contributed by atoms with van der Waals surface area (Å²) in [6, 6.07) is 9.31. The first-order valence-electron chi connectivity index (χ1n) is 7.00. The van der Waals surface area contributed by atoms with Crippen molar-refractivity contribution in [2.75, 3.05) is 0 Å². The number of pyridine rings is 1. The number of halogens is 2. The van der Waals surface area contributed by atoms with Gasteiger partial charge in [0.2, 0.25) is 0 Å². The highest BCUT2D eigenvalue weighted by Gasteiger charge is 2.15. The molecule has 0 amide bonds. The molecule has 0 spiro atoms. The fourth-order valence-corrected chi connectivity index (χ4v) is 2.74. The summed E-state index contributed by atoms with van der Waals surface area (Å²) in [5.74, 6) is -1.47. The van der Waals surface area contributed by atoms with E-state index in [9.17, 15) is 13.6 Å². The highest BCUT2D eigenvalue weighted by Crippen LogP contribution is 2.24. The molecule has 0 atom stereocenters. The van der Waals surface area contributed by atoms with Crippen molar-refractivity contribution in [2.24, 2.45) is 0 Å². The number of nitrogens with zero attached hydrogens (tertiary/aromatic N) is 2. The maximum atomic E-state index is 13.9. The molecule has 0 aliphatic heterocycles. The lowest BCUT2D eigenvalue weighted by molar-refractivity contribution is 0.590. The molecule has 0 unspecified atom stereocenters. The number of benzene rings is 2. The van der Waals surface area contributed by atoms with E-state index in [0.717, 1.165) is 11.6 Å². The molecule has 0 fully saturated rings. The van der Waals surface area contributed by atoms with E-state index in [4.69, 9.17) is 0 Å². The van der Waals surface area contributed by atoms with E-state index < -0.39 is 11.6 Å². The van der Waals surface area contributed by atoms with Crippen molar-refractivity contribution in [3.63, 3.8) is 0 Å². The first-order chi connectivity index (χ1) is 11.0. The van der Waals surface area contributed by atoms with Gasteiger partial charge in [0.15, 0.2) is 5.82 Å². The number of fused-ring (bicyclic) bond motifs is 3. The van der Waals surface area contributed by atoms with Crippen LogP contribution in [0.2, 0.25) is 0 Å². The molecule has 0 saturated heterocycles. The zero-order valence-corrected chi connectivity index (χ0v) is 12.1. The van der Waals surface area contributed by atoms with Gasteiger partial charge in [-0.2, -0.15) is 0 Å². The van der Waals surface area contributed by atoms with E-state index in [1.807, 2.05) is 25.1 Å². The zero-order chi connectivity index (χ0) is 16.1.